The normalized spacial score (nSPS) is 11.6. The Morgan fingerprint density at radius 3 is 1.48 bits per heavy atom. The molecule has 0 unspecified atom stereocenters. The van der Waals surface area contributed by atoms with E-state index in [4.69, 9.17) is 15.0 Å². The summed E-state index contributed by atoms with van der Waals surface area (Å²) in [5.41, 5.74) is 14.4. The number of nitriles is 1. The number of para-hydroxylation sites is 5. The molecule has 0 bridgehead atoms. The van der Waals surface area contributed by atoms with Gasteiger partial charge in [-0.25, -0.2) is 15.0 Å². The fraction of sp³-hybridized carbons (Fsp3) is 0. The van der Waals surface area contributed by atoms with E-state index in [0.29, 0.717) is 28.6 Å². The van der Waals surface area contributed by atoms with Gasteiger partial charge in [-0.15, -0.1) is 0 Å². The monoisotopic (exact) mass is 905 g/mol. The van der Waals surface area contributed by atoms with E-state index in [1.807, 2.05) is 48.5 Å². The second-order valence-electron chi connectivity index (χ2n) is 17.9. The third-order valence-electron chi connectivity index (χ3n) is 13.9. The van der Waals surface area contributed by atoms with Crippen LogP contribution in [0.3, 0.4) is 0 Å². The first-order valence-corrected chi connectivity index (χ1v) is 23.8. The Kier molecular flexibility index (Phi) is 9.13. The Morgan fingerprint density at radius 2 is 0.803 bits per heavy atom. The molecule has 330 valence electrons. The first-order valence-electron chi connectivity index (χ1n) is 23.8. The summed E-state index contributed by atoms with van der Waals surface area (Å²) < 4.78 is 6.92. The molecule has 0 N–H and O–H groups in total. The highest BCUT2D eigenvalue weighted by Gasteiger charge is 2.24. The molecule has 0 aliphatic rings. The van der Waals surface area contributed by atoms with Gasteiger partial charge in [0.15, 0.2) is 17.5 Å². The minimum Gasteiger partial charge on any atom is -0.309 e. The SMILES string of the molecule is N#Cc1cc(-c2nc(-c3ccc4c(c3)c3ccccc3n4-c3ccccc3)nc(-c3ccccc3-c3ccccc3)n2)ccc1-n1c2ccccc2c2ccc3c(c4ccccc4n3-c3ccccc3)c21. The highest BCUT2D eigenvalue weighted by Crippen LogP contribution is 2.43. The van der Waals surface area contributed by atoms with Crippen molar-refractivity contribution in [2.75, 3.05) is 0 Å². The molecule has 14 aromatic rings. The Bertz CT molecular complexity index is 4460. The molecule has 7 heteroatoms. The average molecular weight is 906 g/mol. The number of hydrogen-bond donors (Lipinski definition) is 0. The van der Waals surface area contributed by atoms with Gasteiger partial charge in [0, 0.05) is 60.4 Å². The molecule has 0 atom stereocenters. The highest BCUT2D eigenvalue weighted by molar-refractivity contribution is 6.26. The molecule has 4 aromatic heterocycles. The van der Waals surface area contributed by atoms with Gasteiger partial charge in [-0.2, -0.15) is 5.26 Å². The summed E-state index contributed by atoms with van der Waals surface area (Å²) in [7, 11) is 0. The lowest BCUT2D eigenvalue weighted by molar-refractivity contribution is 1.07. The third kappa shape index (κ3) is 6.32. The lowest BCUT2D eigenvalue weighted by Crippen LogP contribution is -2.03. The maximum Gasteiger partial charge on any atom is 0.164 e. The van der Waals surface area contributed by atoms with Crippen molar-refractivity contribution in [1.82, 2.24) is 28.7 Å². The molecule has 0 amide bonds. The Balaban J connectivity index is 0.992. The summed E-state index contributed by atoms with van der Waals surface area (Å²) in [6.45, 7) is 0. The van der Waals surface area contributed by atoms with E-state index in [2.05, 4.69) is 208 Å². The van der Waals surface area contributed by atoms with Gasteiger partial charge in [0.25, 0.3) is 0 Å². The third-order valence-corrected chi connectivity index (χ3v) is 13.9. The van der Waals surface area contributed by atoms with Crippen molar-refractivity contribution in [3.63, 3.8) is 0 Å². The van der Waals surface area contributed by atoms with Gasteiger partial charge in [0.05, 0.1) is 44.4 Å². The lowest BCUT2D eigenvalue weighted by Gasteiger charge is -2.14. The van der Waals surface area contributed by atoms with Crippen LogP contribution < -0.4 is 0 Å². The molecule has 0 saturated carbocycles. The zero-order chi connectivity index (χ0) is 47.0. The maximum absolute atomic E-state index is 11.2. The molecule has 0 aliphatic carbocycles. The van der Waals surface area contributed by atoms with Crippen LogP contribution in [0.1, 0.15) is 5.56 Å². The van der Waals surface area contributed by atoms with E-state index in [0.717, 1.165) is 105 Å². The molecule has 14 rings (SSSR count). The van der Waals surface area contributed by atoms with Crippen LogP contribution in [0, 0.1) is 11.3 Å². The number of rotatable bonds is 7. The van der Waals surface area contributed by atoms with Crippen molar-refractivity contribution < 1.29 is 0 Å². The second kappa shape index (κ2) is 16.1. The number of aromatic nitrogens is 6. The van der Waals surface area contributed by atoms with E-state index < -0.39 is 0 Å². The molecule has 0 saturated heterocycles. The van der Waals surface area contributed by atoms with Crippen LogP contribution in [0.15, 0.2) is 237 Å². The van der Waals surface area contributed by atoms with Gasteiger partial charge in [-0.3, -0.25) is 0 Å². The molecular formula is C64H39N7. The Morgan fingerprint density at radius 1 is 0.324 bits per heavy atom. The van der Waals surface area contributed by atoms with Crippen molar-refractivity contribution in [1.29, 1.82) is 5.26 Å². The molecule has 10 aromatic carbocycles. The largest absolute Gasteiger partial charge is 0.309 e. The van der Waals surface area contributed by atoms with Crippen molar-refractivity contribution in [2.45, 2.75) is 0 Å². The number of nitrogens with zero attached hydrogens (tertiary/aromatic N) is 7. The molecule has 0 spiro atoms. The summed E-state index contributed by atoms with van der Waals surface area (Å²) in [4.78, 5) is 15.8. The van der Waals surface area contributed by atoms with Gasteiger partial charge >= 0.3 is 0 Å². The average Bonchev–Trinajstić information content (AvgIpc) is 4.09. The summed E-state index contributed by atoms with van der Waals surface area (Å²) in [5.74, 6) is 1.55. The van der Waals surface area contributed by atoms with Crippen LogP contribution in [0.2, 0.25) is 0 Å². The van der Waals surface area contributed by atoms with Gasteiger partial charge in [-0.1, -0.05) is 152 Å². The summed E-state index contributed by atoms with van der Waals surface area (Å²) in [5, 5.41) is 18.0. The minimum atomic E-state index is 0.471. The summed E-state index contributed by atoms with van der Waals surface area (Å²) in [6, 6.07) is 84.8. The fourth-order valence-corrected chi connectivity index (χ4v) is 10.8. The topological polar surface area (TPSA) is 77.2 Å². The molecule has 7 nitrogen and oxygen atoms in total. The van der Waals surface area contributed by atoms with Crippen LogP contribution in [-0.4, -0.2) is 28.7 Å². The van der Waals surface area contributed by atoms with Crippen LogP contribution in [0.5, 0.6) is 0 Å². The molecule has 0 radical (unpaired) electrons. The van der Waals surface area contributed by atoms with E-state index >= 15 is 0 Å². The predicted molar refractivity (Wildman–Crippen MR) is 289 cm³/mol. The van der Waals surface area contributed by atoms with E-state index in [9.17, 15) is 5.26 Å². The quantitative estimate of drug-likeness (QED) is 0.160. The number of benzene rings is 10. The molecule has 71 heavy (non-hydrogen) atoms. The standard InChI is InChI=1S/C64H39N7/c65-40-44-38-42(32-35-54(44)71-56-30-16-12-25-48(56)50-34-37-59-60(61(50)71)52-28-14-17-31-57(52)70(59)46-22-8-3-9-23-46)62-66-63(68-64(67-62)51-27-11-10-24-47(51)41-18-4-1-5-19-41)43-33-36-58-53(39-43)49-26-13-15-29-55(49)69(58)45-20-6-2-7-21-45/h1-39H. The summed E-state index contributed by atoms with van der Waals surface area (Å²) >= 11 is 0. The van der Waals surface area contributed by atoms with Crippen LogP contribution in [0.4, 0.5) is 0 Å². The van der Waals surface area contributed by atoms with E-state index in [1.165, 1.54) is 0 Å². The molecule has 0 fully saturated rings. The molecule has 0 aliphatic heterocycles. The van der Waals surface area contributed by atoms with E-state index in [-0.39, 0.29) is 0 Å². The maximum atomic E-state index is 11.2. The van der Waals surface area contributed by atoms with Crippen molar-refractivity contribution in [3.05, 3.63) is 242 Å². The minimum absolute atomic E-state index is 0.471. The van der Waals surface area contributed by atoms with Gasteiger partial charge in [-0.05, 0) is 96.1 Å². The van der Waals surface area contributed by atoms with Crippen LogP contribution >= 0.6 is 0 Å². The predicted octanol–water partition coefficient (Wildman–Crippen LogP) is 15.7. The number of fused-ring (bicyclic) bond motifs is 10. The lowest BCUT2D eigenvalue weighted by atomic mass is 9.99. The van der Waals surface area contributed by atoms with Gasteiger partial charge in [0.2, 0.25) is 0 Å². The molecular weight excluding hydrogens is 867 g/mol. The zero-order valence-electron chi connectivity index (χ0n) is 38.1. The Labute approximate surface area is 408 Å². The van der Waals surface area contributed by atoms with Gasteiger partial charge in [0.1, 0.15) is 6.07 Å². The first kappa shape index (κ1) is 40.2. The van der Waals surface area contributed by atoms with E-state index in [1.54, 1.807) is 0 Å². The second-order valence-corrected chi connectivity index (χ2v) is 17.9. The fourth-order valence-electron chi connectivity index (χ4n) is 10.8. The number of hydrogen-bond acceptors (Lipinski definition) is 4. The smallest absolute Gasteiger partial charge is 0.164 e. The van der Waals surface area contributed by atoms with Crippen LogP contribution in [-0.2, 0) is 0 Å². The molecule has 4 heterocycles. The first-order chi connectivity index (χ1) is 35.2. The highest BCUT2D eigenvalue weighted by atomic mass is 15.0. The van der Waals surface area contributed by atoms with Crippen molar-refractivity contribution >= 4 is 65.4 Å². The van der Waals surface area contributed by atoms with Crippen molar-refractivity contribution in [2.24, 2.45) is 0 Å². The summed E-state index contributed by atoms with van der Waals surface area (Å²) in [6.07, 6.45) is 0. The Hall–Kier alpha value is -9.90. The van der Waals surface area contributed by atoms with Crippen LogP contribution in [0.25, 0.3) is 128 Å². The zero-order valence-corrected chi connectivity index (χ0v) is 38.1. The van der Waals surface area contributed by atoms with Gasteiger partial charge < -0.3 is 13.7 Å². The van der Waals surface area contributed by atoms with Crippen molar-refractivity contribution in [3.8, 4) is 68.4 Å².